The average molecular weight is 251 g/mol. The van der Waals surface area contributed by atoms with Gasteiger partial charge in [0.1, 0.15) is 10.9 Å². The second kappa shape index (κ2) is 5.51. The zero-order chi connectivity index (χ0) is 12.3. The minimum atomic E-state index is 0.0884. The Balaban J connectivity index is 2.09. The van der Waals surface area contributed by atoms with Crippen molar-refractivity contribution in [3.63, 3.8) is 0 Å². The highest BCUT2D eigenvalue weighted by Gasteiger charge is 2.18. The molecule has 1 aliphatic rings. The molecular formula is C12H17N3OS. The van der Waals surface area contributed by atoms with Crippen molar-refractivity contribution in [2.75, 3.05) is 12.4 Å². The first-order chi connectivity index (χ1) is 8.18. The lowest BCUT2D eigenvalue weighted by molar-refractivity contribution is 0.129. The second-order valence-electron chi connectivity index (χ2n) is 4.17. The molecule has 4 nitrogen and oxygen atoms in total. The van der Waals surface area contributed by atoms with Crippen molar-refractivity contribution >= 4 is 17.6 Å². The van der Waals surface area contributed by atoms with E-state index in [1.807, 2.05) is 13.0 Å². The lowest BCUT2D eigenvalue weighted by Crippen LogP contribution is -2.16. The molecule has 1 aliphatic heterocycles. The molecule has 0 saturated carbocycles. The number of aromatic nitrogens is 1. The molecule has 0 bridgehead atoms. The van der Waals surface area contributed by atoms with Crippen molar-refractivity contribution in [3.05, 3.63) is 23.4 Å². The van der Waals surface area contributed by atoms with Crippen LogP contribution < -0.4 is 5.73 Å². The SMILES string of the molecule is Cc1ccnc(SCC2CCCO2)c1C(=N)N. The van der Waals surface area contributed by atoms with Gasteiger partial charge in [0.15, 0.2) is 0 Å². The summed E-state index contributed by atoms with van der Waals surface area (Å²) in [6.07, 6.45) is 4.35. The fraction of sp³-hybridized carbons (Fsp3) is 0.500. The number of pyridine rings is 1. The molecule has 0 spiro atoms. The van der Waals surface area contributed by atoms with E-state index < -0.39 is 0 Å². The lowest BCUT2D eigenvalue weighted by atomic mass is 10.1. The third-order valence-corrected chi connectivity index (χ3v) is 3.95. The maximum atomic E-state index is 7.60. The molecule has 2 heterocycles. The van der Waals surface area contributed by atoms with E-state index in [2.05, 4.69) is 4.98 Å². The van der Waals surface area contributed by atoms with E-state index in [0.717, 1.165) is 41.4 Å². The Kier molecular flexibility index (Phi) is 4.02. The highest BCUT2D eigenvalue weighted by Crippen LogP contribution is 2.26. The van der Waals surface area contributed by atoms with E-state index in [-0.39, 0.29) is 5.84 Å². The van der Waals surface area contributed by atoms with E-state index in [9.17, 15) is 0 Å². The third-order valence-electron chi connectivity index (χ3n) is 2.82. The zero-order valence-corrected chi connectivity index (χ0v) is 10.7. The summed E-state index contributed by atoms with van der Waals surface area (Å²) in [4.78, 5) is 4.31. The molecule has 0 amide bonds. The first-order valence-electron chi connectivity index (χ1n) is 5.73. The molecule has 0 aromatic carbocycles. The number of nitrogens with two attached hydrogens (primary N) is 1. The number of thioether (sulfide) groups is 1. The number of nitrogens with one attached hydrogen (secondary N) is 1. The lowest BCUT2D eigenvalue weighted by Gasteiger charge is -2.12. The van der Waals surface area contributed by atoms with Gasteiger partial charge in [-0.25, -0.2) is 4.98 Å². The van der Waals surface area contributed by atoms with Crippen molar-refractivity contribution in [1.82, 2.24) is 4.98 Å². The van der Waals surface area contributed by atoms with Crippen LogP contribution in [-0.2, 0) is 4.74 Å². The molecule has 1 fully saturated rings. The molecule has 3 N–H and O–H groups in total. The van der Waals surface area contributed by atoms with Crippen molar-refractivity contribution < 1.29 is 4.74 Å². The summed E-state index contributed by atoms with van der Waals surface area (Å²) in [5.41, 5.74) is 7.36. The predicted molar refractivity (Wildman–Crippen MR) is 69.7 cm³/mol. The molecule has 1 aromatic heterocycles. The van der Waals surface area contributed by atoms with Crippen molar-refractivity contribution in [2.45, 2.75) is 30.9 Å². The van der Waals surface area contributed by atoms with Crippen molar-refractivity contribution in [2.24, 2.45) is 5.73 Å². The van der Waals surface area contributed by atoms with Crippen LogP contribution in [0.15, 0.2) is 17.3 Å². The number of hydrogen-bond acceptors (Lipinski definition) is 4. The van der Waals surface area contributed by atoms with Gasteiger partial charge in [-0.15, -0.1) is 11.8 Å². The van der Waals surface area contributed by atoms with E-state index >= 15 is 0 Å². The van der Waals surface area contributed by atoms with Crippen LogP contribution in [0.5, 0.6) is 0 Å². The first kappa shape index (κ1) is 12.4. The highest BCUT2D eigenvalue weighted by molar-refractivity contribution is 7.99. The minimum Gasteiger partial charge on any atom is -0.384 e. The third kappa shape index (κ3) is 2.98. The largest absolute Gasteiger partial charge is 0.384 e. The van der Waals surface area contributed by atoms with Crippen LogP contribution in [0.2, 0.25) is 0 Å². The van der Waals surface area contributed by atoms with Gasteiger partial charge >= 0.3 is 0 Å². The number of nitrogen functional groups attached to an aromatic ring is 1. The van der Waals surface area contributed by atoms with Crippen LogP contribution in [-0.4, -0.2) is 29.3 Å². The fourth-order valence-electron chi connectivity index (χ4n) is 1.92. The Hall–Kier alpha value is -1.07. The van der Waals surface area contributed by atoms with Gasteiger partial charge < -0.3 is 10.5 Å². The highest BCUT2D eigenvalue weighted by atomic mass is 32.2. The van der Waals surface area contributed by atoms with Gasteiger partial charge in [0.25, 0.3) is 0 Å². The molecule has 0 aliphatic carbocycles. The molecule has 5 heteroatoms. The Morgan fingerprint density at radius 1 is 1.71 bits per heavy atom. The number of amidine groups is 1. The number of ether oxygens (including phenoxy) is 1. The van der Waals surface area contributed by atoms with Crippen LogP contribution >= 0.6 is 11.8 Å². The average Bonchev–Trinajstić information content (AvgIpc) is 2.78. The number of nitrogens with zero attached hydrogens (tertiary/aromatic N) is 1. The van der Waals surface area contributed by atoms with Gasteiger partial charge in [-0.05, 0) is 31.4 Å². The minimum absolute atomic E-state index is 0.0884. The summed E-state index contributed by atoms with van der Waals surface area (Å²) in [7, 11) is 0. The topological polar surface area (TPSA) is 72.0 Å². The molecule has 1 unspecified atom stereocenters. The van der Waals surface area contributed by atoms with E-state index in [1.165, 1.54) is 0 Å². The van der Waals surface area contributed by atoms with Gasteiger partial charge in [0.05, 0.1) is 11.7 Å². The molecule has 92 valence electrons. The summed E-state index contributed by atoms with van der Waals surface area (Å²) in [6.45, 7) is 2.82. The van der Waals surface area contributed by atoms with Crippen LogP contribution in [0.4, 0.5) is 0 Å². The Bertz CT molecular complexity index is 416. The summed E-state index contributed by atoms with van der Waals surface area (Å²) in [5, 5.41) is 8.44. The van der Waals surface area contributed by atoms with Crippen molar-refractivity contribution in [3.8, 4) is 0 Å². The van der Waals surface area contributed by atoms with Crippen LogP contribution in [0.25, 0.3) is 0 Å². The molecular weight excluding hydrogens is 234 g/mol. The Labute approximate surface area is 105 Å². The molecule has 2 rings (SSSR count). The van der Waals surface area contributed by atoms with Crippen molar-refractivity contribution in [1.29, 1.82) is 5.41 Å². The monoisotopic (exact) mass is 251 g/mol. The quantitative estimate of drug-likeness (QED) is 0.487. The summed E-state index contributed by atoms with van der Waals surface area (Å²) in [6, 6.07) is 1.88. The zero-order valence-electron chi connectivity index (χ0n) is 9.90. The molecule has 1 aromatic rings. The molecule has 0 radical (unpaired) electrons. The smallest absolute Gasteiger partial charge is 0.125 e. The number of rotatable bonds is 4. The summed E-state index contributed by atoms with van der Waals surface area (Å²) >= 11 is 1.63. The van der Waals surface area contributed by atoms with Gasteiger partial charge in [-0.1, -0.05) is 0 Å². The summed E-state index contributed by atoms with van der Waals surface area (Å²) in [5.74, 6) is 0.974. The van der Waals surface area contributed by atoms with E-state index in [0.29, 0.717) is 6.10 Å². The van der Waals surface area contributed by atoms with E-state index in [4.69, 9.17) is 15.9 Å². The Morgan fingerprint density at radius 3 is 3.18 bits per heavy atom. The van der Waals surface area contributed by atoms with Gasteiger partial charge in [0, 0.05) is 18.6 Å². The molecule has 1 saturated heterocycles. The van der Waals surface area contributed by atoms with E-state index in [1.54, 1.807) is 18.0 Å². The Morgan fingerprint density at radius 2 is 2.53 bits per heavy atom. The van der Waals surface area contributed by atoms with Gasteiger partial charge in [-0.3, -0.25) is 5.41 Å². The number of hydrogen-bond donors (Lipinski definition) is 2. The fourth-order valence-corrected chi connectivity index (χ4v) is 3.08. The van der Waals surface area contributed by atoms with Gasteiger partial charge in [0.2, 0.25) is 0 Å². The normalized spacial score (nSPS) is 19.5. The number of aryl methyl sites for hydroxylation is 1. The van der Waals surface area contributed by atoms with Crippen LogP contribution in [0.3, 0.4) is 0 Å². The summed E-state index contributed by atoms with van der Waals surface area (Å²) < 4.78 is 5.57. The molecule has 17 heavy (non-hydrogen) atoms. The maximum Gasteiger partial charge on any atom is 0.125 e. The maximum absolute atomic E-state index is 7.60. The predicted octanol–water partition coefficient (Wildman–Crippen LogP) is 1.95. The van der Waals surface area contributed by atoms with Gasteiger partial charge in [-0.2, -0.15) is 0 Å². The second-order valence-corrected chi connectivity index (χ2v) is 5.18. The first-order valence-corrected chi connectivity index (χ1v) is 6.71. The molecule has 1 atom stereocenters. The van der Waals surface area contributed by atoms with Crippen LogP contribution in [0.1, 0.15) is 24.0 Å². The standard InChI is InChI=1S/C12H17N3OS/c1-8-4-5-15-12(10(8)11(13)14)17-7-9-3-2-6-16-9/h4-5,9H,2-3,6-7H2,1H3,(H3,13,14). The van der Waals surface area contributed by atoms with Crippen LogP contribution in [0, 0.1) is 12.3 Å².